The topological polar surface area (TPSA) is 17.1 Å². The van der Waals surface area contributed by atoms with E-state index in [2.05, 4.69) is 33.8 Å². The van der Waals surface area contributed by atoms with Crippen LogP contribution in [0.25, 0.3) is 0 Å². The first-order valence-corrected chi connectivity index (χ1v) is 7.75. The van der Waals surface area contributed by atoms with Gasteiger partial charge < -0.3 is 0 Å². The van der Waals surface area contributed by atoms with Crippen LogP contribution in [0.2, 0.25) is 0 Å². The average molecular weight is 285 g/mol. The van der Waals surface area contributed by atoms with E-state index < -0.39 is 5.24 Å². The highest BCUT2D eigenvalue weighted by Gasteiger charge is 2.07. The second-order valence-corrected chi connectivity index (χ2v) is 6.46. The van der Waals surface area contributed by atoms with Crippen LogP contribution < -0.4 is 0 Å². The van der Waals surface area contributed by atoms with E-state index in [1.807, 2.05) is 13.0 Å². The summed E-state index contributed by atoms with van der Waals surface area (Å²) in [6.45, 7) is 11.1. The molecule has 0 saturated heterocycles. The number of halogens is 1. The van der Waals surface area contributed by atoms with E-state index in [4.69, 9.17) is 11.6 Å². The lowest BCUT2D eigenvalue weighted by atomic mass is 9.90. The summed E-state index contributed by atoms with van der Waals surface area (Å²) < 4.78 is 0. The van der Waals surface area contributed by atoms with Gasteiger partial charge in [0, 0.05) is 6.08 Å². The highest BCUT2D eigenvalue weighted by Crippen LogP contribution is 2.20. The minimum Gasteiger partial charge on any atom is -0.276 e. The minimum absolute atomic E-state index is 0.405. The first kappa shape index (κ1) is 18.4. The Bertz CT molecular complexity index is 315. The lowest BCUT2D eigenvalue weighted by Gasteiger charge is -2.16. The SMILES string of the molecule is CC(C=CCC(C)CCCC(C)C(C)C)=CC(=O)Cl. The van der Waals surface area contributed by atoms with Crippen LogP contribution in [-0.4, -0.2) is 5.24 Å². The Kier molecular flexibility index (Phi) is 9.95. The molecule has 2 heteroatoms. The van der Waals surface area contributed by atoms with Crippen LogP contribution in [0.3, 0.4) is 0 Å². The fourth-order valence-electron chi connectivity index (χ4n) is 1.95. The van der Waals surface area contributed by atoms with E-state index in [0.717, 1.165) is 23.8 Å². The van der Waals surface area contributed by atoms with Crippen LogP contribution in [-0.2, 0) is 4.79 Å². The lowest BCUT2D eigenvalue weighted by Crippen LogP contribution is -2.04. The largest absolute Gasteiger partial charge is 0.276 e. The molecular formula is C17H29ClO. The van der Waals surface area contributed by atoms with Crippen LogP contribution in [0.5, 0.6) is 0 Å². The zero-order valence-electron chi connectivity index (χ0n) is 13.1. The number of rotatable bonds is 9. The van der Waals surface area contributed by atoms with Crippen molar-refractivity contribution in [2.24, 2.45) is 17.8 Å². The summed E-state index contributed by atoms with van der Waals surface area (Å²) in [5.41, 5.74) is 0.917. The number of carbonyl (C=O) groups is 1. The van der Waals surface area contributed by atoms with Crippen molar-refractivity contribution in [3.05, 3.63) is 23.8 Å². The van der Waals surface area contributed by atoms with Gasteiger partial charge in [0.2, 0.25) is 5.24 Å². The molecule has 2 unspecified atom stereocenters. The normalized spacial score (nSPS) is 16.1. The smallest absolute Gasteiger partial charge is 0.245 e. The third-order valence-electron chi connectivity index (χ3n) is 3.75. The van der Waals surface area contributed by atoms with Crippen molar-refractivity contribution in [3.8, 4) is 0 Å². The highest BCUT2D eigenvalue weighted by molar-refractivity contribution is 6.66. The third kappa shape index (κ3) is 11.0. The Morgan fingerprint density at radius 1 is 1.16 bits per heavy atom. The van der Waals surface area contributed by atoms with E-state index in [-0.39, 0.29) is 0 Å². The van der Waals surface area contributed by atoms with Crippen molar-refractivity contribution in [2.75, 3.05) is 0 Å². The second kappa shape index (κ2) is 10.3. The van der Waals surface area contributed by atoms with Gasteiger partial charge >= 0.3 is 0 Å². The molecule has 0 saturated carbocycles. The summed E-state index contributed by atoms with van der Waals surface area (Å²) >= 11 is 5.29. The molecule has 0 amide bonds. The molecule has 19 heavy (non-hydrogen) atoms. The van der Waals surface area contributed by atoms with Crippen molar-refractivity contribution in [1.82, 2.24) is 0 Å². The average Bonchev–Trinajstić information content (AvgIpc) is 2.27. The van der Waals surface area contributed by atoms with Gasteiger partial charge in [0.25, 0.3) is 0 Å². The maximum absolute atomic E-state index is 10.7. The first-order chi connectivity index (χ1) is 8.82. The Hall–Kier alpha value is -0.560. The van der Waals surface area contributed by atoms with Crippen molar-refractivity contribution < 1.29 is 4.79 Å². The summed E-state index contributed by atoms with van der Waals surface area (Å²) in [6.07, 6.45) is 10.5. The molecule has 0 bridgehead atoms. The van der Waals surface area contributed by atoms with Gasteiger partial charge in [0.05, 0.1) is 0 Å². The second-order valence-electron chi connectivity index (χ2n) is 6.09. The van der Waals surface area contributed by atoms with E-state index in [1.54, 1.807) is 0 Å². The van der Waals surface area contributed by atoms with Crippen LogP contribution in [0.15, 0.2) is 23.8 Å². The van der Waals surface area contributed by atoms with Gasteiger partial charge in [-0.15, -0.1) is 0 Å². The molecule has 0 aromatic rings. The van der Waals surface area contributed by atoms with Crippen molar-refractivity contribution in [1.29, 1.82) is 0 Å². The molecule has 0 fully saturated rings. The van der Waals surface area contributed by atoms with E-state index in [0.29, 0.717) is 5.92 Å². The molecule has 1 nitrogen and oxygen atoms in total. The van der Waals surface area contributed by atoms with Gasteiger partial charge in [0.15, 0.2) is 0 Å². The maximum atomic E-state index is 10.7. The summed E-state index contributed by atoms with van der Waals surface area (Å²) in [7, 11) is 0. The fraction of sp³-hybridized carbons (Fsp3) is 0.706. The Labute approximate surface area is 124 Å². The molecule has 0 spiro atoms. The molecule has 0 aliphatic rings. The molecule has 2 atom stereocenters. The zero-order chi connectivity index (χ0) is 14.8. The molecule has 0 aromatic carbocycles. The number of allylic oxidation sites excluding steroid dienone is 4. The maximum Gasteiger partial charge on any atom is 0.245 e. The van der Waals surface area contributed by atoms with Gasteiger partial charge in [0.1, 0.15) is 0 Å². The van der Waals surface area contributed by atoms with Gasteiger partial charge in [-0.3, -0.25) is 4.79 Å². The van der Waals surface area contributed by atoms with Gasteiger partial charge in [-0.1, -0.05) is 59.1 Å². The summed E-state index contributed by atoms with van der Waals surface area (Å²) in [6, 6.07) is 0. The fourth-order valence-corrected chi connectivity index (χ4v) is 2.12. The van der Waals surface area contributed by atoms with Gasteiger partial charge in [-0.2, -0.15) is 0 Å². The van der Waals surface area contributed by atoms with Gasteiger partial charge in [-0.25, -0.2) is 0 Å². The quantitative estimate of drug-likeness (QED) is 0.300. The molecule has 0 aliphatic carbocycles. The lowest BCUT2D eigenvalue weighted by molar-refractivity contribution is -0.107. The minimum atomic E-state index is -0.405. The van der Waals surface area contributed by atoms with E-state index in [9.17, 15) is 4.79 Å². The first-order valence-electron chi connectivity index (χ1n) is 7.37. The predicted molar refractivity (Wildman–Crippen MR) is 85.4 cm³/mol. The molecule has 0 N–H and O–H groups in total. The summed E-state index contributed by atoms with van der Waals surface area (Å²) in [4.78, 5) is 10.7. The molecule has 110 valence electrons. The Morgan fingerprint density at radius 2 is 1.79 bits per heavy atom. The number of hydrogen-bond acceptors (Lipinski definition) is 1. The Morgan fingerprint density at radius 3 is 2.32 bits per heavy atom. The molecule has 0 heterocycles. The van der Waals surface area contributed by atoms with Crippen molar-refractivity contribution >= 4 is 16.8 Å². The standard InChI is InChI=1S/C17H29ClO/c1-13(2)16(5)11-7-9-14(3)8-6-10-15(4)12-17(18)19/h6,10,12-14,16H,7-9,11H2,1-5H3. The van der Waals surface area contributed by atoms with Crippen LogP contribution in [0.1, 0.15) is 60.3 Å². The third-order valence-corrected chi connectivity index (χ3v) is 3.86. The zero-order valence-corrected chi connectivity index (χ0v) is 13.8. The van der Waals surface area contributed by atoms with E-state index in [1.165, 1.54) is 25.3 Å². The van der Waals surface area contributed by atoms with Gasteiger partial charge in [-0.05, 0) is 48.3 Å². The van der Waals surface area contributed by atoms with Crippen molar-refractivity contribution in [2.45, 2.75) is 60.3 Å². The number of hydrogen-bond donors (Lipinski definition) is 0. The highest BCUT2D eigenvalue weighted by atomic mass is 35.5. The van der Waals surface area contributed by atoms with E-state index >= 15 is 0 Å². The van der Waals surface area contributed by atoms with Crippen LogP contribution in [0.4, 0.5) is 0 Å². The molecule has 0 radical (unpaired) electrons. The molecule has 0 rings (SSSR count). The molecular weight excluding hydrogens is 256 g/mol. The number of carbonyl (C=O) groups excluding carboxylic acids is 1. The van der Waals surface area contributed by atoms with Crippen molar-refractivity contribution in [3.63, 3.8) is 0 Å². The molecule has 0 aliphatic heterocycles. The van der Waals surface area contributed by atoms with Crippen LogP contribution >= 0.6 is 11.6 Å². The molecule has 0 aromatic heterocycles. The summed E-state index contributed by atoms with van der Waals surface area (Å²) in [5.74, 6) is 2.31. The Balaban J connectivity index is 3.84. The van der Waals surface area contributed by atoms with Crippen LogP contribution in [0, 0.1) is 17.8 Å². The monoisotopic (exact) mass is 284 g/mol. The predicted octanol–water partition coefficient (Wildman–Crippen LogP) is 5.74. The summed E-state index contributed by atoms with van der Waals surface area (Å²) in [5, 5.41) is -0.405.